The molecule has 2 N–H and O–H groups in total. The number of benzene rings is 1. The Morgan fingerprint density at radius 3 is 2.09 bits per heavy atom. The summed E-state index contributed by atoms with van der Waals surface area (Å²) in [4.78, 5) is 1.15. The smallest absolute Gasteiger partial charge is 0.0255 e. The molecule has 1 rings (SSSR count). The summed E-state index contributed by atoms with van der Waals surface area (Å²) in [6, 6.07) is 8.06. The lowest BCUT2D eigenvalue weighted by molar-refractivity contribution is 1.30. The molecule has 0 spiro atoms. The van der Waals surface area contributed by atoms with Gasteiger partial charge in [-0.05, 0) is 30.5 Å². The third kappa shape index (κ3) is 3.44. The van der Waals surface area contributed by atoms with Gasteiger partial charge in [-0.1, -0.05) is 32.0 Å². The Kier molecular flexibility index (Phi) is 5.99. The standard InChI is InChI=1S/C7H9NS.C2H6/c1-6-4-2-3-5-7(6)9-8;1-2/h2-5H,8H2,1H3;1-2H3. The zero-order valence-corrected chi connectivity index (χ0v) is 8.11. The second-order valence-corrected chi connectivity index (χ2v) is 2.56. The second-order valence-electron chi connectivity index (χ2n) is 1.88. The number of rotatable bonds is 1. The van der Waals surface area contributed by atoms with Crippen LogP contribution in [-0.4, -0.2) is 0 Å². The maximum atomic E-state index is 5.37. The normalized spacial score (nSPS) is 8.36. The molecule has 0 aliphatic heterocycles. The van der Waals surface area contributed by atoms with Gasteiger partial charge in [-0.15, -0.1) is 0 Å². The van der Waals surface area contributed by atoms with Crippen LogP contribution in [0.1, 0.15) is 19.4 Å². The van der Waals surface area contributed by atoms with Crippen LogP contribution in [0.5, 0.6) is 0 Å². The van der Waals surface area contributed by atoms with Crippen LogP contribution in [0.25, 0.3) is 0 Å². The molecule has 0 atom stereocenters. The van der Waals surface area contributed by atoms with Crippen LogP contribution in [0.4, 0.5) is 0 Å². The molecule has 62 valence electrons. The monoisotopic (exact) mass is 169 g/mol. The zero-order valence-electron chi connectivity index (χ0n) is 7.29. The van der Waals surface area contributed by atoms with E-state index < -0.39 is 0 Å². The van der Waals surface area contributed by atoms with E-state index in [-0.39, 0.29) is 0 Å². The molecule has 0 aromatic heterocycles. The summed E-state index contributed by atoms with van der Waals surface area (Å²) < 4.78 is 0. The first-order valence-corrected chi connectivity index (χ1v) is 4.65. The van der Waals surface area contributed by atoms with E-state index >= 15 is 0 Å². The molecule has 0 radical (unpaired) electrons. The molecule has 0 fully saturated rings. The van der Waals surface area contributed by atoms with Crippen LogP contribution in [0.2, 0.25) is 0 Å². The summed E-state index contributed by atoms with van der Waals surface area (Å²) in [5, 5.41) is 5.37. The lowest BCUT2D eigenvalue weighted by atomic mass is 10.2. The van der Waals surface area contributed by atoms with Crippen LogP contribution < -0.4 is 5.14 Å². The predicted octanol–water partition coefficient (Wildman–Crippen LogP) is 2.99. The molecule has 2 heteroatoms. The van der Waals surface area contributed by atoms with Crippen molar-refractivity contribution in [3.63, 3.8) is 0 Å². The molecule has 0 aliphatic carbocycles. The Hall–Kier alpha value is -0.470. The molecule has 0 bridgehead atoms. The van der Waals surface area contributed by atoms with Crippen molar-refractivity contribution in [3.05, 3.63) is 29.8 Å². The van der Waals surface area contributed by atoms with Gasteiger partial charge in [-0.2, -0.15) is 0 Å². The zero-order chi connectivity index (χ0) is 8.69. The van der Waals surface area contributed by atoms with Gasteiger partial charge in [0.1, 0.15) is 0 Å². The highest BCUT2D eigenvalue weighted by atomic mass is 32.2. The average molecular weight is 169 g/mol. The largest absolute Gasteiger partial charge is 0.274 e. The highest BCUT2D eigenvalue weighted by molar-refractivity contribution is 7.97. The van der Waals surface area contributed by atoms with Gasteiger partial charge < -0.3 is 0 Å². The van der Waals surface area contributed by atoms with Crippen LogP contribution in [0, 0.1) is 6.92 Å². The van der Waals surface area contributed by atoms with Crippen LogP contribution in [0.15, 0.2) is 29.2 Å². The summed E-state index contributed by atoms with van der Waals surface area (Å²) >= 11 is 1.30. The molecule has 1 aromatic carbocycles. The van der Waals surface area contributed by atoms with E-state index in [1.165, 1.54) is 17.5 Å². The average Bonchev–Trinajstić information content (AvgIpc) is 2.09. The Balaban J connectivity index is 0.000000461. The van der Waals surface area contributed by atoms with Gasteiger partial charge in [0.2, 0.25) is 0 Å². The van der Waals surface area contributed by atoms with E-state index in [0.29, 0.717) is 0 Å². The highest BCUT2D eigenvalue weighted by Crippen LogP contribution is 2.15. The van der Waals surface area contributed by atoms with Crippen molar-refractivity contribution in [3.8, 4) is 0 Å². The second kappa shape index (κ2) is 6.25. The molecular weight excluding hydrogens is 154 g/mol. The number of hydrogen-bond donors (Lipinski definition) is 1. The number of nitrogens with two attached hydrogens (primary N) is 1. The van der Waals surface area contributed by atoms with Crippen molar-refractivity contribution in [1.29, 1.82) is 0 Å². The molecule has 1 nitrogen and oxygen atoms in total. The van der Waals surface area contributed by atoms with E-state index in [1.54, 1.807) is 0 Å². The summed E-state index contributed by atoms with van der Waals surface area (Å²) in [6.07, 6.45) is 0. The number of hydrogen-bond acceptors (Lipinski definition) is 2. The summed E-state index contributed by atoms with van der Waals surface area (Å²) in [5.74, 6) is 0. The minimum atomic E-state index is 1.15. The Labute approximate surface area is 73.1 Å². The third-order valence-corrected chi connectivity index (χ3v) is 1.93. The summed E-state index contributed by atoms with van der Waals surface area (Å²) in [6.45, 7) is 6.05. The topological polar surface area (TPSA) is 26.0 Å². The van der Waals surface area contributed by atoms with Crippen molar-refractivity contribution in [2.45, 2.75) is 25.7 Å². The quantitative estimate of drug-likeness (QED) is 0.654. The van der Waals surface area contributed by atoms with E-state index in [2.05, 4.69) is 13.0 Å². The summed E-state index contributed by atoms with van der Waals surface area (Å²) in [5.41, 5.74) is 1.24. The SMILES string of the molecule is CC.Cc1ccccc1SN. The lowest BCUT2D eigenvalue weighted by Crippen LogP contribution is -1.81. The van der Waals surface area contributed by atoms with E-state index in [4.69, 9.17) is 5.14 Å². The van der Waals surface area contributed by atoms with Crippen LogP contribution in [-0.2, 0) is 0 Å². The first-order chi connectivity index (χ1) is 5.34. The molecule has 0 saturated carbocycles. The van der Waals surface area contributed by atoms with Gasteiger partial charge in [-0.25, -0.2) is 0 Å². The first-order valence-electron chi connectivity index (χ1n) is 3.77. The Morgan fingerprint density at radius 1 is 1.18 bits per heavy atom. The molecule has 11 heavy (non-hydrogen) atoms. The van der Waals surface area contributed by atoms with Crippen molar-refractivity contribution in [1.82, 2.24) is 0 Å². The molecule has 1 aromatic rings. The number of aryl methyl sites for hydroxylation is 1. The molecule has 0 aliphatic rings. The Bertz CT molecular complexity index is 199. The molecule has 0 heterocycles. The van der Waals surface area contributed by atoms with Crippen LogP contribution >= 0.6 is 11.9 Å². The Morgan fingerprint density at radius 2 is 1.73 bits per heavy atom. The molecule has 0 saturated heterocycles. The van der Waals surface area contributed by atoms with Gasteiger partial charge in [0.15, 0.2) is 0 Å². The fraction of sp³-hybridized carbons (Fsp3) is 0.333. The fourth-order valence-electron chi connectivity index (χ4n) is 0.689. The van der Waals surface area contributed by atoms with Crippen LogP contribution in [0.3, 0.4) is 0 Å². The van der Waals surface area contributed by atoms with Gasteiger partial charge in [0.05, 0.1) is 0 Å². The maximum absolute atomic E-state index is 5.37. The third-order valence-electron chi connectivity index (χ3n) is 1.22. The fourth-order valence-corrected chi connectivity index (χ4v) is 1.10. The van der Waals surface area contributed by atoms with Gasteiger partial charge in [0.25, 0.3) is 0 Å². The van der Waals surface area contributed by atoms with E-state index in [9.17, 15) is 0 Å². The highest BCUT2D eigenvalue weighted by Gasteiger charge is 1.90. The van der Waals surface area contributed by atoms with E-state index in [0.717, 1.165) is 4.90 Å². The molecule has 0 amide bonds. The molecule has 0 unspecified atom stereocenters. The van der Waals surface area contributed by atoms with Gasteiger partial charge in [0, 0.05) is 4.90 Å². The van der Waals surface area contributed by atoms with Crippen molar-refractivity contribution < 1.29 is 0 Å². The van der Waals surface area contributed by atoms with Gasteiger partial charge in [-0.3, -0.25) is 5.14 Å². The molecular formula is C9H15NS. The predicted molar refractivity (Wildman–Crippen MR) is 52.6 cm³/mol. The summed E-state index contributed by atoms with van der Waals surface area (Å²) in [7, 11) is 0. The van der Waals surface area contributed by atoms with Crippen molar-refractivity contribution in [2.24, 2.45) is 5.14 Å². The van der Waals surface area contributed by atoms with Crippen molar-refractivity contribution in [2.75, 3.05) is 0 Å². The minimum Gasteiger partial charge on any atom is -0.274 e. The first kappa shape index (κ1) is 10.5. The van der Waals surface area contributed by atoms with Crippen molar-refractivity contribution >= 4 is 11.9 Å². The van der Waals surface area contributed by atoms with E-state index in [1.807, 2.05) is 32.0 Å². The van der Waals surface area contributed by atoms with Gasteiger partial charge >= 0.3 is 0 Å². The minimum absolute atomic E-state index is 1.15. The maximum Gasteiger partial charge on any atom is 0.0255 e. The lowest BCUT2D eigenvalue weighted by Gasteiger charge is -1.97.